The van der Waals surface area contributed by atoms with Crippen LogP contribution in [0.2, 0.25) is 0 Å². The number of aryl methyl sites for hydroxylation is 1. The van der Waals surface area contributed by atoms with Crippen molar-refractivity contribution < 1.29 is 4.79 Å². The Morgan fingerprint density at radius 1 is 1.14 bits per heavy atom. The second-order valence-electron chi connectivity index (χ2n) is 7.35. The molecular formula is C22H21N5O. The monoisotopic (exact) mass is 371 g/mol. The highest BCUT2D eigenvalue weighted by atomic mass is 16.2. The summed E-state index contributed by atoms with van der Waals surface area (Å²) in [4.78, 5) is 23.3. The number of rotatable bonds is 3. The average Bonchev–Trinajstić information content (AvgIpc) is 3.46. The van der Waals surface area contributed by atoms with Gasteiger partial charge in [0.05, 0.1) is 22.8 Å². The molecule has 0 bridgehead atoms. The van der Waals surface area contributed by atoms with E-state index in [1.807, 2.05) is 41.3 Å². The zero-order chi connectivity index (χ0) is 19.1. The molecule has 6 nitrogen and oxygen atoms in total. The summed E-state index contributed by atoms with van der Waals surface area (Å²) < 4.78 is 0. The van der Waals surface area contributed by atoms with Crippen molar-refractivity contribution in [2.45, 2.75) is 25.8 Å². The van der Waals surface area contributed by atoms with Crippen LogP contribution in [0.4, 0.5) is 0 Å². The standard InChI is InChI=1S/C22H21N5O/c1-14-4-9-18-19(13-14)25-21(24-18)20-3-2-12-27(20)22(28)16-7-5-15(6-8-16)17-10-11-23-26-17/h4-11,13,20H,2-3,12H2,1H3,(H,23,26)(H,24,25). The summed E-state index contributed by atoms with van der Waals surface area (Å²) in [5.41, 5.74) is 5.82. The Bertz CT molecular complexity index is 1130. The summed E-state index contributed by atoms with van der Waals surface area (Å²) in [6.45, 7) is 2.82. The Labute approximate surface area is 162 Å². The number of carbonyl (C=O) groups is 1. The smallest absolute Gasteiger partial charge is 0.254 e. The molecule has 1 aliphatic heterocycles. The normalized spacial score (nSPS) is 16.8. The molecule has 0 aliphatic carbocycles. The number of carbonyl (C=O) groups excluding carboxylic acids is 1. The van der Waals surface area contributed by atoms with Crippen LogP contribution < -0.4 is 0 Å². The lowest BCUT2D eigenvalue weighted by Crippen LogP contribution is -2.31. The topological polar surface area (TPSA) is 77.7 Å². The number of imidazole rings is 1. The van der Waals surface area contributed by atoms with Gasteiger partial charge in [-0.3, -0.25) is 9.89 Å². The zero-order valence-electron chi connectivity index (χ0n) is 15.6. The summed E-state index contributed by atoms with van der Waals surface area (Å²) >= 11 is 0. The lowest BCUT2D eigenvalue weighted by atomic mass is 10.1. The molecule has 4 aromatic rings. The number of nitrogens with one attached hydrogen (secondary N) is 2. The highest BCUT2D eigenvalue weighted by Gasteiger charge is 2.32. The fourth-order valence-electron chi connectivity index (χ4n) is 3.97. The number of fused-ring (bicyclic) bond motifs is 1. The lowest BCUT2D eigenvalue weighted by molar-refractivity contribution is 0.0730. The summed E-state index contributed by atoms with van der Waals surface area (Å²) in [5.74, 6) is 0.927. The molecule has 2 aromatic carbocycles. The molecule has 0 radical (unpaired) electrons. The van der Waals surface area contributed by atoms with Gasteiger partial charge in [0.25, 0.3) is 5.91 Å². The fraction of sp³-hybridized carbons (Fsp3) is 0.227. The van der Waals surface area contributed by atoms with Crippen molar-refractivity contribution in [2.24, 2.45) is 0 Å². The molecule has 1 amide bonds. The van der Waals surface area contributed by atoms with E-state index in [4.69, 9.17) is 4.98 Å². The minimum Gasteiger partial charge on any atom is -0.340 e. The van der Waals surface area contributed by atoms with Gasteiger partial charge in [-0.1, -0.05) is 18.2 Å². The van der Waals surface area contributed by atoms with Crippen molar-refractivity contribution in [3.05, 3.63) is 71.7 Å². The van der Waals surface area contributed by atoms with Gasteiger partial charge in [0.15, 0.2) is 0 Å². The Kier molecular flexibility index (Phi) is 3.97. The summed E-state index contributed by atoms with van der Waals surface area (Å²) in [7, 11) is 0. The molecule has 0 saturated carbocycles. The van der Waals surface area contributed by atoms with Crippen LogP contribution in [0.25, 0.3) is 22.3 Å². The second-order valence-corrected chi connectivity index (χ2v) is 7.35. The largest absolute Gasteiger partial charge is 0.340 e. The Morgan fingerprint density at radius 2 is 2.00 bits per heavy atom. The van der Waals surface area contributed by atoms with Crippen molar-refractivity contribution in [1.29, 1.82) is 0 Å². The van der Waals surface area contributed by atoms with Gasteiger partial charge in [0.2, 0.25) is 0 Å². The summed E-state index contributed by atoms with van der Waals surface area (Å²) in [6, 6.07) is 15.8. The van der Waals surface area contributed by atoms with Crippen LogP contribution in [0, 0.1) is 6.92 Å². The van der Waals surface area contributed by atoms with Crippen molar-refractivity contribution >= 4 is 16.9 Å². The predicted octanol–water partition coefficient (Wildman–Crippen LogP) is 4.24. The first-order valence-corrected chi connectivity index (χ1v) is 9.56. The number of aromatic amines is 2. The number of amides is 1. The van der Waals surface area contributed by atoms with Crippen LogP contribution in [-0.4, -0.2) is 37.5 Å². The number of benzene rings is 2. The van der Waals surface area contributed by atoms with Gasteiger partial charge < -0.3 is 9.88 Å². The SMILES string of the molecule is Cc1ccc2nc(C3CCCN3C(=O)c3ccc(-c4ccn[nH]4)cc3)[nH]c2c1. The van der Waals surface area contributed by atoms with E-state index in [0.29, 0.717) is 5.56 Å². The molecule has 3 heterocycles. The van der Waals surface area contributed by atoms with Crippen LogP contribution >= 0.6 is 0 Å². The Hall–Kier alpha value is -3.41. The molecule has 0 spiro atoms. The first-order chi connectivity index (χ1) is 13.7. The van der Waals surface area contributed by atoms with Gasteiger partial charge in [-0.2, -0.15) is 5.10 Å². The highest BCUT2D eigenvalue weighted by Crippen LogP contribution is 2.33. The first-order valence-electron chi connectivity index (χ1n) is 9.56. The number of H-pyrrole nitrogens is 2. The van der Waals surface area contributed by atoms with Crippen molar-refractivity contribution in [2.75, 3.05) is 6.54 Å². The third kappa shape index (κ3) is 2.87. The molecule has 1 fully saturated rings. The molecule has 1 atom stereocenters. The minimum atomic E-state index is -0.00695. The third-order valence-electron chi connectivity index (χ3n) is 5.43. The molecule has 1 saturated heterocycles. The van der Waals surface area contributed by atoms with Crippen molar-refractivity contribution in [3.63, 3.8) is 0 Å². The van der Waals surface area contributed by atoms with Crippen molar-refractivity contribution in [3.8, 4) is 11.3 Å². The van der Waals surface area contributed by atoms with Crippen LogP contribution in [0.15, 0.2) is 54.7 Å². The van der Waals surface area contributed by atoms with Crippen LogP contribution in [0.3, 0.4) is 0 Å². The van der Waals surface area contributed by atoms with E-state index in [1.54, 1.807) is 6.20 Å². The second kappa shape index (κ2) is 6.64. The maximum absolute atomic E-state index is 13.2. The zero-order valence-corrected chi connectivity index (χ0v) is 15.6. The summed E-state index contributed by atoms with van der Waals surface area (Å²) in [6.07, 6.45) is 3.63. The number of hydrogen-bond acceptors (Lipinski definition) is 3. The van der Waals surface area contributed by atoms with E-state index in [0.717, 1.165) is 47.5 Å². The van der Waals surface area contributed by atoms with Gasteiger partial charge in [0.1, 0.15) is 5.82 Å². The number of aromatic nitrogens is 4. The van der Waals surface area contributed by atoms with E-state index in [2.05, 4.69) is 34.2 Å². The quantitative estimate of drug-likeness (QED) is 0.565. The molecule has 1 aliphatic rings. The van der Waals surface area contributed by atoms with E-state index in [9.17, 15) is 4.79 Å². The minimum absolute atomic E-state index is 0.00695. The Morgan fingerprint density at radius 3 is 2.79 bits per heavy atom. The molecule has 28 heavy (non-hydrogen) atoms. The highest BCUT2D eigenvalue weighted by molar-refractivity contribution is 5.95. The fourth-order valence-corrected chi connectivity index (χ4v) is 3.97. The van der Waals surface area contributed by atoms with Crippen LogP contribution in [-0.2, 0) is 0 Å². The van der Waals surface area contributed by atoms with Gasteiger partial charge in [-0.15, -0.1) is 0 Å². The first kappa shape index (κ1) is 16.7. The van der Waals surface area contributed by atoms with Gasteiger partial charge in [-0.05, 0) is 61.2 Å². The van der Waals surface area contributed by atoms with Gasteiger partial charge in [0, 0.05) is 18.3 Å². The summed E-state index contributed by atoms with van der Waals surface area (Å²) in [5, 5.41) is 6.92. The number of likely N-dealkylation sites (tertiary alicyclic amines) is 1. The van der Waals surface area contributed by atoms with E-state index >= 15 is 0 Å². The maximum Gasteiger partial charge on any atom is 0.254 e. The number of nitrogens with zero attached hydrogens (tertiary/aromatic N) is 3. The van der Waals surface area contributed by atoms with Crippen molar-refractivity contribution in [1.82, 2.24) is 25.1 Å². The molecule has 5 rings (SSSR count). The molecule has 2 aromatic heterocycles. The van der Waals surface area contributed by atoms with E-state index in [-0.39, 0.29) is 11.9 Å². The van der Waals surface area contributed by atoms with Gasteiger partial charge >= 0.3 is 0 Å². The van der Waals surface area contributed by atoms with Gasteiger partial charge in [-0.25, -0.2) is 4.98 Å². The molecule has 140 valence electrons. The van der Waals surface area contributed by atoms with E-state index in [1.165, 1.54) is 5.56 Å². The molecule has 1 unspecified atom stereocenters. The predicted molar refractivity (Wildman–Crippen MR) is 108 cm³/mol. The average molecular weight is 371 g/mol. The van der Waals surface area contributed by atoms with E-state index < -0.39 is 0 Å². The molecule has 2 N–H and O–H groups in total. The Balaban J connectivity index is 1.41. The lowest BCUT2D eigenvalue weighted by Gasteiger charge is -2.23. The third-order valence-corrected chi connectivity index (χ3v) is 5.43. The maximum atomic E-state index is 13.2. The van der Waals surface area contributed by atoms with Crippen LogP contribution in [0.5, 0.6) is 0 Å². The number of hydrogen-bond donors (Lipinski definition) is 2. The molecular weight excluding hydrogens is 350 g/mol. The van der Waals surface area contributed by atoms with Crippen LogP contribution in [0.1, 0.15) is 40.6 Å². The molecule has 6 heteroatoms.